The molecule has 0 aromatic rings. The fraction of sp³-hybridized carbons (Fsp3) is 0.882. The van der Waals surface area contributed by atoms with Crippen LogP contribution in [0.1, 0.15) is 58.8 Å². The Morgan fingerprint density at radius 2 is 1.91 bits per heavy atom. The Balaban J connectivity index is 1.59. The van der Waals surface area contributed by atoms with Crippen LogP contribution < -0.4 is 5.32 Å². The topological polar surface area (TPSA) is 55.4 Å². The molecule has 5 heteroatoms. The molecule has 124 valence electrons. The first-order valence-corrected chi connectivity index (χ1v) is 9.29. The van der Waals surface area contributed by atoms with Gasteiger partial charge >= 0.3 is 5.97 Å². The third-order valence-electron chi connectivity index (χ3n) is 5.78. The van der Waals surface area contributed by atoms with E-state index in [4.69, 9.17) is 4.74 Å². The van der Waals surface area contributed by atoms with Gasteiger partial charge in [-0.2, -0.15) is 0 Å². The van der Waals surface area contributed by atoms with E-state index in [1.165, 1.54) is 19.3 Å². The Bertz CT molecular complexity index is 465. The third kappa shape index (κ3) is 3.06. The number of alkyl halides is 1. The summed E-state index contributed by atoms with van der Waals surface area (Å²) in [7, 11) is 0. The number of hydrogen-bond donors (Lipinski definition) is 1. The minimum Gasteiger partial charge on any atom is -0.455 e. The van der Waals surface area contributed by atoms with Crippen LogP contribution in [0.3, 0.4) is 0 Å². The molecule has 22 heavy (non-hydrogen) atoms. The number of esters is 1. The van der Waals surface area contributed by atoms with Crippen LogP contribution in [0.5, 0.6) is 0 Å². The van der Waals surface area contributed by atoms with E-state index in [1.807, 2.05) is 13.8 Å². The Labute approximate surface area is 140 Å². The molecule has 1 N–H and O–H groups in total. The molecule has 0 spiro atoms. The van der Waals surface area contributed by atoms with E-state index in [0.29, 0.717) is 11.8 Å². The maximum atomic E-state index is 12.7. The van der Waals surface area contributed by atoms with Crippen molar-refractivity contribution in [2.24, 2.45) is 17.3 Å². The lowest BCUT2D eigenvalue weighted by atomic mass is 9.49. The van der Waals surface area contributed by atoms with Gasteiger partial charge in [-0.15, -0.1) is 0 Å². The van der Waals surface area contributed by atoms with Gasteiger partial charge in [-0.3, -0.25) is 9.59 Å². The highest BCUT2D eigenvalue weighted by Crippen LogP contribution is 2.64. The van der Waals surface area contributed by atoms with E-state index >= 15 is 0 Å². The molecule has 0 aliphatic heterocycles. The van der Waals surface area contributed by atoms with Crippen molar-refractivity contribution >= 4 is 27.8 Å². The van der Waals surface area contributed by atoms with Crippen molar-refractivity contribution in [1.82, 2.24) is 5.32 Å². The summed E-state index contributed by atoms with van der Waals surface area (Å²) < 4.78 is 5.54. The van der Waals surface area contributed by atoms with Crippen molar-refractivity contribution in [2.75, 3.05) is 6.61 Å². The van der Waals surface area contributed by atoms with Crippen LogP contribution in [0.2, 0.25) is 0 Å². The first kappa shape index (κ1) is 16.3. The molecule has 0 aromatic carbocycles. The van der Waals surface area contributed by atoms with Gasteiger partial charge in [0.05, 0.1) is 5.41 Å². The number of carbonyl (C=O) groups excluding carboxylic acids is 2. The van der Waals surface area contributed by atoms with Crippen LogP contribution in [0.15, 0.2) is 0 Å². The molecule has 0 saturated heterocycles. The molecule has 4 bridgehead atoms. The SMILES string of the molecule is CC[C@H](C)NC(=O)COC(=O)C12C[C@@H]3C[C@H](CC(Br)(C3)C1)C2. The van der Waals surface area contributed by atoms with Crippen molar-refractivity contribution in [3.05, 3.63) is 0 Å². The summed E-state index contributed by atoms with van der Waals surface area (Å²) in [6, 6.07) is 0.122. The van der Waals surface area contributed by atoms with Crippen molar-refractivity contribution in [3.8, 4) is 0 Å². The molecular weight excluding hydrogens is 346 g/mol. The number of carbonyl (C=O) groups is 2. The molecule has 4 rings (SSSR count). The number of rotatable bonds is 5. The monoisotopic (exact) mass is 371 g/mol. The summed E-state index contributed by atoms with van der Waals surface area (Å²) in [6.45, 7) is 3.82. The largest absolute Gasteiger partial charge is 0.455 e. The summed E-state index contributed by atoms with van der Waals surface area (Å²) in [5.74, 6) is 0.940. The highest BCUT2D eigenvalue weighted by Gasteiger charge is 2.60. The van der Waals surface area contributed by atoms with Crippen LogP contribution >= 0.6 is 15.9 Å². The lowest BCUT2D eigenvalue weighted by Gasteiger charge is -2.58. The van der Waals surface area contributed by atoms with Crippen molar-refractivity contribution < 1.29 is 14.3 Å². The Morgan fingerprint density at radius 3 is 2.45 bits per heavy atom. The molecule has 0 heterocycles. The summed E-state index contributed by atoms with van der Waals surface area (Å²) in [5, 5.41) is 2.84. The number of ether oxygens (including phenoxy) is 1. The first-order valence-electron chi connectivity index (χ1n) is 8.50. The Morgan fingerprint density at radius 1 is 1.27 bits per heavy atom. The number of amides is 1. The molecule has 4 aliphatic rings. The van der Waals surface area contributed by atoms with Gasteiger partial charge in [-0.1, -0.05) is 22.9 Å². The van der Waals surface area contributed by atoms with Crippen molar-refractivity contribution in [2.45, 2.75) is 69.2 Å². The van der Waals surface area contributed by atoms with Gasteiger partial charge in [0.2, 0.25) is 0 Å². The van der Waals surface area contributed by atoms with Gasteiger partial charge in [0.1, 0.15) is 0 Å². The average Bonchev–Trinajstić information content (AvgIpc) is 2.41. The van der Waals surface area contributed by atoms with E-state index < -0.39 is 0 Å². The normalized spacial score (nSPS) is 40.3. The van der Waals surface area contributed by atoms with Crippen LogP contribution in [-0.2, 0) is 14.3 Å². The highest BCUT2D eigenvalue weighted by molar-refractivity contribution is 9.10. The first-order chi connectivity index (χ1) is 10.3. The number of hydrogen-bond acceptors (Lipinski definition) is 3. The van der Waals surface area contributed by atoms with E-state index in [2.05, 4.69) is 21.2 Å². The van der Waals surface area contributed by atoms with Gasteiger partial charge in [0, 0.05) is 10.4 Å². The number of halogens is 1. The summed E-state index contributed by atoms with van der Waals surface area (Å²) >= 11 is 3.90. The smallest absolute Gasteiger partial charge is 0.312 e. The van der Waals surface area contributed by atoms with E-state index in [0.717, 1.165) is 25.7 Å². The minimum absolute atomic E-state index is 0.122. The highest BCUT2D eigenvalue weighted by atomic mass is 79.9. The third-order valence-corrected chi connectivity index (χ3v) is 6.70. The van der Waals surface area contributed by atoms with E-state index in [1.54, 1.807) is 0 Å². The molecule has 0 radical (unpaired) electrons. The van der Waals surface area contributed by atoms with E-state index in [-0.39, 0.29) is 34.3 Å². The van der Waals surface area contributed by atoms with Crippen LogP contribution in [-0.4, -0.2) is 28.8 Å². The predicted octanol–water partition coefficient (Wildman–Crippen LogP) is 3.18. The summed E-state index contributed by atoms with van der Waals surface area (Å²) in [6.07, 6.45) is 7.28. The van der Waals surface area contributed by atoms with Crippen LogP contribution in [0.25, 0.3) is 0 Å². The molecule has 0 unspecified atom stereocenters. The van der Waals surface area contributed by atoms with Crippen LogP contribution in [0.4, 0.5) is 0 Å². The van der Waals surface area contributed by atoms with Gasteiger partial charge in [0.15, 0.2) is 6.61 Å². The van der Waals surface area contributed by atoms with Crippen LogP contribution in [0, 0.1) is 17.3 Å². The second-order valence-corrected chi connectivity index (χ2v) is 9.53. The second kappa shape index (κ2) is 5.81. The molecule has 4 aliphatic carbocycles. The lowest BCUT2D eigenvalue weighted by molar-refractivity contribution is -0.171. The Hall–Kier alpha value is -0.580. The standard InChI is InChI=1S/C17H26BrNO3/c1-3-11(2)19-14(20)9-22-15(21)16-5-12-4-13(6-16)8-17(18,7-12)10-16/h11-13H,3-10H2,1-2H3,(H,19,20)/t11-,12-,13-,16?,17?/m0/s1. The minimum atomic E-state index is -0.343. The molecule has 4 fully saturated rings. The van der Waals surface area contributed by atoms with Gasteiger partial charge < -0.3 is 10.1 Å². The molecule has 4 saturated carbocycles. The van der Waals surface area contributed by atoms with Crippen molar-refractivity contribution in [3.63, 3.8) is 0 Å². The molecule has 3 atom stereocenters. The number of nitrogens with one attached hydrogen (secondary N) is 1. The fourth-order valence-corrected chi connectivity index (χ4v) is 6.54. The van der Waals surface area contributed by atoms with Gasteiger partial charge in [-0.05, 0) is 63.7 Å². The zero-order chi connectivity index (χ0) is 16.0. The summed E-state index contributed by atoms with van der Waals surface area (Å²) in [5.41, 5.74) is -0.343. The Kier molecular flexibility index (Phi) is 4.30. The molecule has 1 amide bonds. The molecule has 0 aromatic heterocycles. The van der Waals surface area contributed by atoms with E-state index in [9.17, 15) is 9.59 Å². The zero-order valence-electron chi connectivity index (χ0n) is 13.5. The lowest BCUT2D eigenvalue weighted by Crippen LogP contribution is -2.56. The molecular formula is C17H26BrNO3. The average molecular weight is 372 g/mol. The fourth-order valence-electron chi connectivity index (χ4n) is 5.09. The van der Waals surface area contributed by atoms with Crippen molar-refractivity contribution in [1.29, 1.82) is 0 Å². The van der Waals surface area contributed by atoms with Gasteiger partial charge in [-0.25, -0.2) is 0 Å². The quantitative estimate of drug-likeness (QED) is 0.596. The maximum Gasteiger partial charge on any atom is 0.312 e. The maximum absolute atomic E-state index is 12.7. The predicted molar refractivity (Wildman–Crippen MR) is 87.6 cm³/mol. The zero-order valence-corrected chi connectivity index (χ0v) is 15.1. The van der Waals surface area contributed by atoms with Gasteiger partial charge in [0.25, 0.3) is 5.91 Å². The molecule has 4 nitrogen and oxygen atoms in total. The second-order valence-electron chi connectivity index (χ2n) is 7.85. The summed E-state index contributed by atoms with van der Waals surface area (Å²) in [4.78, 5) is 24.5.